The van der Waals surface area contributed by atoms with Crippen molar-refractivity contribution in [1.82, 2.24) is 4.90 Å². The topological polar surface area (TPSA) is 29.3 Å². The molecule has 0 radical (unpaired) electrons. The first kappa shape index (κ1) is 19.4. The van der Waals surface area contributed by atoms with Gasteiger partial charge in [0.25, 0.3) is 0 Å². The molecule has 1 aliphatic rings. The largest absolute Gasteiger partial charge is 0.326 e. The number of nitrogens with zero attached hydrogens (tertiary/aromatic N) is 1. The number of rotatable bonds is 4. The molecule has 0 aliphatic carbocycles. The van der Waals surface area contributed by atoms with E-state index in [1.54, 1.807) is 0 Å². The molecule has 0 bridgehead atoms. The third kappa shape index (κ3) is 6.98. The van der Waals surface area contributed by atoms with E-state index in [9.17, 15) is 0 Å². The van der Waals surface area contributed by atoms with Crippen LogP contribution in [0.25, 0.3) is 0 Å². The summed E-state index contributed by atoms with van der Waals surface area (Å²) in [4.78, 5) is 2.41. The van der Waals surface area contributed by atoms with Crippen LogP contribution in [0, 0.1) is 0 Å². The zero-order chi connectivity index (χ0) is 17.1. The Labute approximate surface area is 142 Å². The van der Waals surface area contributed by atoms with Gasteiger partial charge < -0.3 is 10.6 Å². The van der Waals surface area contributed by atoms with Crippen LogP contribution >= 0.6 is 0 Å². The Balaban J connectivity index is 0.000000284. The summed E-state index contributed by atoms with van der Waals surface area (Å²) in [5, 5.41) is 0. The zero-order valence-corrected chi connectivity index (χ0v) is 15.0. The van der Waals surface area contributed by atoms with E-state index in [0.29, 0.717) is 6.54 Å². The summed E-state index contributed by atoms with van der Waals surface area (Å²) in [5.74, 6) is 0.743. The molecule has 2 heteroatoms. The van der Waals surface area contributed by atoms with E-state index < -0.39 is 0 Å². The Morgan fingerprint density at radius 3 is 2.48 bits per heavy atom. The van der Waals surface area contributed by atoms with Gasteiger partial charge in [0, 0.05) is 6.54 Å². The normalized spacial score (nSPS) is 17.0. The molecule has 0 saturated carbocycles. The standard InChI is InChI=1S/C13H20N2.C8H12/c1-15-7-5-12(6-8-15)13-4-2-3-11(9-13)10-14;1-4-7-8(5-2)6-3/h2-4,9,12H,5-8,10,14H2,1H3;4-7H,2H2,1,3H3/b;7-4-,8-6-. The summed E-state index contributed by atoms with van der Waals surface area (Å²) in [6.45, 7) is 10.7. The third-order valence-electron chi connectivity index (χ3n) is 4.30. The van der Waals surface area contributed by atoms with Gasteiger partial charge in [0.15, 0.2) is 0 Å². The average Bonchev–Trinajstić information content (AvgIpc) is 2.61. The van der Waals surface area contributed by atoms with Crippen LogP contribution in [0.15, 0.2) is 60.7 Å². The maximum Gasteiger partial charge on any atom is 0.0178 e. The summed E-state index contributed by atoms with van der Waals surface area (Å²) in [6, 6.07) is 8.76. The smallest absolute Gasteiger partial charge is 0.0178 e. The molecule has 0 unspecified atom stereocenters. The summed E-state index contributed by atoms with van der Waals surface area (Å²) >= 11 is 0. The van der Waals surface area contributed by atoms with E-state index >= 15 is 0 Å². The Morgan fingerprint density at radius 1 is 1.30 bits per heavy atom. The molecule has 1 saturated heterocycles. The fourth-order valence-corrected chi connectivity index (χ4v) is 2.79. The van der Waals surface area contributed by atoms with Crippen LogP contribution in [0.3, 0.4) is 0 Å². The first-order valence-electron chi connectivity index (χ1n) is 8.53. The Morgan fingerprint density at radius 2 is 2.00 bits per heavy atom. The van der Waals surface area contributed by atoms with Gasteiger partial charge in [-0.3, -0.25) is 0 Å². The highest BCUT2D eigenvalue weighted by Crippen LogP contribution is 2.27. The number of benzene rings is 1. The van der Waals surface area contributed by atoms with Gasteiger partial charge >= 0.3 is 0 Å². The molecule has 0 atom stereocenters. The maximum absolute atomic E-state index is 5.66. The molecule has 1 aliphatic heterocycles. The number of nitrogens with two attached hydrogens (primary N) is 1. The van der Waals surface area contributed by atoms with E-state index in [2.05, 4.69) is 42.8 Å². The van der Waals surface area contributed by atoms with Crippen LogP contribution in [0.1, 0.15) is 43.7 Å². The fourth-order valence-electron chi connectivity index (χ4n) is 2.79. The summed E-state index contributed by atoms with van der Waals surface area (Å²) in [5.41, 5.74) is 9.57. The van der Waals surface area contributed by atoms with Crippen molar-refractivity contribution in [2.45, 2.75) is 39.2 Å². The van der Waals surface area contributed by atoms with E-state index in [-0.39, 0.29) is 0 Å². The SMILES string of the molecule is C=CC(/C=C\C)=C/C.CN1CCC(c2cccc(CN)c2)CC1. The second kappa shape index (κ2) is 11.0. The van der Waals surface area contributed by atoms with Crippen molar-refractivity contribution >= 4 is 0 Å². The molecule has 0 amide bonds. The third-order valence-corrected chi connectivity index (χ3v) is 4.30. The van der Waals surface area contributed by atoms with Crippen molar-refractivity contribution in [2.24, 2.45) is 5.73 Å². The van der Waals surface area contributed by atoms with Gasteiger partial charge in [-0.1, -0.05) is 55.1 Å². The van der Waals surface area contributed by atoms with Crippen LogP contribution in [0.4, 0.5) is 0 Å². The lowest BCUT2D eigenvalue weighted by atomic mass is 9.89. The summed E-state index contributed by atoms with van der Waals surface area (Å²) < 4.78 is 0. The molecule has 1 aromatic carbocycles. The monoisotopic (exact) mass is 312 g/mol. The van der Waals surface area contributed by atoms with E-state index in [1.807, 2.05) is 38.2 Å². The fraction of sp³-hybridized carbons (Fsp3) is 0.429. The van der Waals surface area contributed by atoms with Gasteiger partial charge in [0.1, 0.15) is 0 Å². The predicted octanol–water partition coefficient (Wildman–Crippen LogP) is 4.65. The van der Waals surface area contributed by atoms with Crippen molar-refractivity contribution in [3.05, 3.63) is 71.8 Å². The molecular formula is C21H32N2. The molecule has 1 fully saturated rings. The lowest BCUT2D eigenvalue weighted by Gasteiger charge is -2.29. The highest BCUT2D eigenvalue weighted by molar-refractivity contribution is 5.28. The molecule has 1 aromatic rings. The van der Waals surface area contributed by atoms with Crippen molar-refractivity contribution in [3.8, 4) is 0 Å². The second-order valence-corrected chi connectivity index (χ2v) is 6.02. The van der Waals surface area contributed by atoms with E-state index in [4.69, 9.17) is 5.73 Å². The van der Waals surface area contributed by atoms with Gasteiger partial charge in [-0.05, 0) is 69.4 Å². The molecule has 1 heterocycles. The van der Waals surface area contributed by atoms with Gasteiger partial charge in [-0.2, -0.15) is 0 Å². The highest BCUT2D eigenvalue weighted by Gasteiger charge is 2.18. The van der Waals surface area contributed by atoms with Crippen molar-refractivity contribution < 1.29 is 0 Å². The number of hydrogen-bond acceptors (Lipinski definition) is 2. The van der Waals surface area contributed by atoms with Gasteiger partial charge in [0.2, 0.25) is 0 Å². The van der Waals surface area contributed by atoms with Crippen LogP contribution in [-0.2, 0) is 6.54 Å². The van der Waals surface area contributed by atoms with Crippen LogP contribution in [-0.4, -0.2) is 25.0 Å². The molecule has 0 aromatic heterocycles. The predicted molar refractivity (Wildman–Crippen MR) is 103 cm³/mol. The first-order valence-corrected chi connectivity index (χ1v) is 8.53. The Hall–Kier alpha value is -1.64. The average molecular weight is 313 g/mol. The van der Waals surface area contributed by atoms with Gasteiger partial charge in [-0.25, -0.2) is 0 Å². The highest BCUT2D eigenvalue weighted by atomic mass is 15.1. The number of allylic oxidation sites excluding steroid dienone is 5. The van der Waals surface area contributed by atoms with Gasteiger partial charge in [0.05, 0.1) is 0 Å². The molecule has 2 nitrogen and oxygen atoms in total. The number of hydrogen-bond donors (Lipinski definition) is 1. The lowest BCUT2D eigenvalue weighted by Crippen LogP contribution is -2.29. The molecule has 23 heavy (non-hydrogen) atoms. The molecule has 126 valence electrons. The maximum atomic E-state index is 5.66. The van der Waals surface area contributed by atoms with E-state index in [0.717, 1.165) is 5.92 Å². The summed E-state index contributed by atoms with van der Waals surface area (Å²) in [6.07, 6.45) is 10.4. The lowest BCUT2D eigenvalue weighted by molar-refractivity contribution is 0.255. The second-order valence-electron chi connectivity index (χ2n) is 6.02. The van der Waals surface area contributed by atoms with Crippen molar-refractivity contribution in [2.75, 3.05) is 20.1 Å². The first-order chi connectivity index (χ1) is 11.1. The van der Waals surface area contributed by atoms with Gasteiger partial charge in [-0.15, -0.1) is 0 Å². The Bertz CT molecular complexity index is 520. The van der Waals surface area contributed by atoms with Crippen LogP contribution < -0.4 is 5.73 Å². The number of piperidine rings is 1. The minimum Gasteiger partial charge on any atom is -0.326 e. The molecule has 2 rings (SSSR count). The molecule has 0 spiro atoms. The van der Waals surface area contributed by atoms with Crippen LogP contribution in [0.5, 0.6) is 0 Å². The Kier molecular flexibility index (Phi) is 9.27. The molecular weight excluding hydrogens is 280 g/mol. The minimum atomic E-state index is 0.653. The van der Waals surface area contributed by atoms with Crippen molar-refractivity contribution in [1.29, 1.82) is 0 Å². The van der Waals surface area contributed by atoms with Crippen LogP contribution in [0.2, 0.25) is 0 Å². The number of likely N-dealkylation sites (tertiary alicyclic amines) is 1. The quantitative estimate of drug-likeness (QED) is 0.820. The summed E-state index contributed by atoms with van der Waals surface area (Å²) in [7, 11) is 2.20. The van der Waals surface area contributed by atoms with E-state index in [1.165, 1.54) is 42.6 Å². The van der Waals surface area contributed by atoms with Crippen molar-refractivity contribution in [3.63, 3.8) is 0 Å². The minimum absolute atomic E-state index is 0.653. The molecule has 2 N–H and O–H groups in total. The zero-order valence-electron chi connectivity index (χ0n) is 15.0.